The summed E-state index contributed by atoms with van der Waals surface area (Å²) in [6.07, 6.45) is -5.33. The second-order valence-corrected chi connectivity index (χ2v) is 7.44. The van der Waals surface area contributed by atoms with Crippen molar-refractivity contribution in [3.05, 3.63) is 41.2 Å². The van der Waals surface area contributed by atoms with Gasteiger partial charge in [0.05, 0.1) is 25.3 Å². The number of hydrogen-bond acceptors (Lipinski definition) is 10. The Morgan fingerprint density at radius 2 is 1.72 bits per heavy atom. The maximum Gasteiger partial charge on any atom is 0.270 e. The number of phenols is 4. The number of phenolic OH excluding ortho intramolecular Hbond substituents is 4. The van der Waals surface area contributed by atoms with E-state index in [1.165, 1.54) is 31.4 Å². The summed E-state index contributed by atoms with van der Waals surface area (Å²) in [5.41, 5.74) is 0.526. The zero-order chi connectivity index (χ0) is 23.2. The van der Waals surface area contributed by atoms with Crippen LogP contribution < -0.4 is 4.74 Å². The number of benzene rings is 2. The quantitative estimate of drug-likeness (QED) is 0.252. The van der Waals surface area contributed by atoms with E-state index in [-0.39, 0.29) is 40.9 Å². The highest BCUT2D eigenvalue weighted by Crippen LogP contribution is 2.47. The molecule has 5 atom stereocenters. The molecule has 2 heterocycles. The van der Waals surface area contributed by atoms with Gasteiger partial charge in [-0.3, -0.25) is 0 Å². The first-order valence-electron chi connectivity index (χ1n) is 9.60. The Kier molecular flexibility index (Phi) is 5.65. The van der Waals surface area contributed by atoms with Gasteiger partial charge >= 0.3 is 0 Å². The van der Waals surface area contributed by atoms with Crippen LogP contribution in [-0.4, -0.2) is 78.8 Å². The SMILES string of the molecule is COc1cc(C2[OH+]c3cc(O)cc(O)c3C=C2O[C@H]2OC[C@@H](O)[C@H](O)[C@H]2O)cc(O)c1O. The van der Waals surface area contributed by atoms with Gasteiger partial charge in [0.1, 0.15) is 35.4 Å². The maximum atomic E-state index is 10.3. The van der Waals surface area contributed by atoms with Crippen molar-refractivity contribution >= 4 is 6.08 Å². The molecule has 2 aromatic rings. The van der Waals surface area contributed by atoms with Crippen LogP contribution in [0, 0.1) is 0 Å². The molecule has 0 radical (unpaired) electrons. The van der Waals surface area contributed by atoms with E-state index in [1.54, 1.807) is 0 Å². The number of aliphatic hydroxyl groups is 4. The van der Waals surface area contributed by atoms with Gasteiger partial charge in [-0.1, -0.05) is 0 Å². The zero-order valence-corrected chi connectivity index (χ0v) is 16.8. The Labute approximate surface area is 181 Å². The highest BCUT2D eigenvalue weighted by atomic mass is 16.7. The average Bonchev–Trinajstić information content (AvgIpc) is 2.75. The van der Waals surface area contributed by atoms with Crippen molar-refractivity contribution < 1.29 is 54.7 Å². The standard InChI is InChI=1S/C21H22O11/c1-29-15-3-8(2-12(24)17(15)26)20-16(32-21-19(28)18(27)13(25)7-30-21)6-10-11(23)4-9(22)5-14(10)31-20/h2-6,13,18-28H,7H2,1H3/p+1/t13-,18+,19-,20?,21-/m1/s1. The van der Waals surface area contributed by atoms with Crippen LogP contribution >= 0.6 is 0 Å². The van der Waals surface area contributed by atoms with Crippen LogP contribution in [0.4, 0.5) is 0 Å². The van der Waals surface area contributed by atoms with E-state index in [0.29, 0.717) is 5.56 Å². The van der Waals surface area contributed by atoms with E-state index in [4.69, 9.17) is 14.2 Å². The molecule has 11 heteroatoms. The van der Waals surface area contributed by atoms with Gasteiger partial charge in [0, 0.05) is 12.1 Å². The minimum Gasteiger partial charge on any atom is -0.571 e. The molecule has 0 bridgehead atoms. The molecule has 1 fully saturated rings. The molecule has 2 aromatic carbocycles. The van der Waals surface area contributed by atoms with Crippen molar-refractivity contribution in [1.29, 1.82) is 0 Å². The Morgan fingerprint density at radius 3 is 2.44 bits per heavy atom. The first-order chi connectivity index (χ1) is 15.2. The summed E-state index contributed by atoms with van der Waals surface area (Å²) in [6.45, 7) is -0.290. The van der Waals surface area contributed by atoms with Gasteiger partial charge in [-0.15, -0.1) is 0 Å². The summed E-state index contributed by atoms with van der Waals surface area (Å²) in [5, 5.41) is 70.0. The summed E-state index contributed by atoms with van der Waals surface area (Å²) in [7, 11) is 1.30. The van der Waals surface area contributed by atoms with Gasteiger partial charge in [0.15, 0.2) is 17.3 Å². The van der Waals surface area contributed by atoms with Crippen molar-refractivity contribution in [1.82, 2.24) is 0 Å². The number of fused-ring (bicyclic) bond motifs is 1. The highest BCUT2D eigenvalue weighted by molar-refractivity contribution is 5.69. The molecule has 0 aliphatic carbocycles. The minimum absolute atomic E-state index is 0.0356. The van der Waals surface area contributed by atoms with Gasteiger partial charge in [-0.05, 0) is 12.1 Å². The molecule has 8 N–H and O–H groups in total. The lowest BCUT2D eigenvalue weighted by Gasteiger charge is -2.36. The first-order valence-corrected chi connectivity index (χ1v) is 9.60. The van der Waals surface area contributed by atoms with Gasteiger partial charge in [0.25, 0.3) is 11.9 Å². The molecule has 1 unspecified atom stereocenters. The summed E-state index contributed by atoms with van der Waals surface area (Å²) in [6, 6.07) is 5.07. The molecular weight excluding hydrogens is 428 g/mol. The Balaban J connectivity index is 1.77. The van der Waals surface area contributed by atoms with Crippen LogP contribution in [0.2, 0.25) is 0 Å². The van der Waals surface area contributed by atoms with Crippen molar-refractivity contribution in [2.45, 2.75) is 30.7 Å². The second kappa shape index (κ2) is 8.28. The molecule has 2 aliphatic heterocycles. The van der Waals surface area contributed by atoms with E-state index < -0.39 is 42.2 Å². The number of methoxy groups -OCH3 is 1. The summed E-state index contributed by atoms with van der Waals surface area (Å²) in [5.74, 6) is -1.23. The lowest BCUT2D eigenvalue weighted by molar-refractivity contribution is -0.263. The smallest absolute Gasteiger partial charge is 0.270 e. The molecule has 1 saturated heterocycles. The number of aromatic hydroxyl groups is 5. The Morgan fingerprint density at radius 1 is 0.969 bits per heavy atom. The lowest BCUT2D eigenvalue weighted by atomic mass is 10.00. The maximum absolute atomic E-state index is 10.3. The molecule has 2 aliphatic rings. The van der Waals surface area contributed by atoms with Crippen LogP contribution in [0.3, 0.4) is 0 Å². The van der Waals surface area contributed by atoms with Gasteiger partial charge < -0.3 is 54.7 Å². The van der Waals surface area contributed by atoms with E-state index in [9.17, 15) is 35.7 Å². The largest absolute Gasteiger partial charge is 0.571 e. The van der Waals surface area contributed by atoms with Gasteiger partial charge in [-0.2, -0.15) is 0 Å². The number of ether oxygens (including phenoxy) is 4. The first kappa shape index (κ1) is 21.8. The second-order valence-electron chi connectivity index (χ2n) is 7.44. The van der Waals surface area contributed by atoms with Crippen LogP contribution in [0.5, 0.6) is 34.5 Å². The van der Waals surface area contributed by atoms with Gasteiger partial charge in [0.2, 0.25) is 12.0 Å². The molecule has 0 saturated carbocycles. The van der Waals surface area contributed by atoms with Gasteiger partial charge in [-0.25, -0.2) is 0 Å². The Hall–Kier alpha value is -3.38. The van der Waals surface area contributed by atoms with Crippen LogP contribution in [0.25, 0.3) is 6.08 Å². The highest BCUT2D eigenvalue weighted by Gasteiger charge is 2.42. The third-order valence-electron chi connectivity index (χ3n) is 5.26. The average molecular weight is 451 g/mol. The van der Waals surface area contributed by atoms with E-state index in [1.807, 2.05) is 0 Å². The predicted octanol–water partition coefficient (Wildman–Crippen LogP) is 0.310. The van der Waals surface area contributed by atoms with Crippen LogP contribution in [-0.2, 0) is 9.47 Å². The molecular formula is C21H23O11+. The fraction of sp³-hybridized carbons (Fsp3) is 0.333. The molecule has 0 aromatic heterocycles. The summed E-state index contributed by atoms with van der Waals surface area (Å²) < 4.78 is 20.6. The number of rotatable bonds is 4. The predicted molar refractivity (Wildman–Crippen MR) is 107 cm³/mol. The lowest BCUT2D eigenvalue weighted by Crippen LogP contribution is -2.53. The van der Waals surface area contributed by atoms with E-state index in [2.05, 4.69) is 4.74 Å². The Bertz CT molecular complexity index is 1050. The van der Waals surface area contributed by atoms with Crippen LogP contribution in [0.1, 0.15) is 17.2 Å². The van der Waals surface area contributed by atoms with E-state index in [0.717, 1.165) is 6.07 Å². The minimum atomic E-state index is -1.59. The fourth-order valence-electron chi connectivity index (χ4n) is 3.57. The number of aliphatic hydroxyl groups excluding tert-OH is 3. The van der Waals surface area contributed by atoms with Crippen molar-refractivity contribution in [3.63, 3.8) is 0 Å². The molecule has 0 amide bonds. The van der Waals surface area contributed by atoms with Crippen molar-refractivity contribution in [2.24, 2.45) is 0 Å². The fourth-order valence-corrected chi connectivity index (χ4v) is 3.57. The number of hydrogen-bond donors (Lipinski definition) is 7. The van der Waals surface area contributed by atoms with E-state index >= 15 is 0 Å². The monoisotopic (exact) mass is 451 g/mol. The third-order valence-corrected chi connectivity index (χ3v) is 5.26. The molecule has 4 rings (SSSR count). The molecule has 172 valence electrons. The third kappa shape index (κ3) is 3.82. The molecule has 11 nitrogen and oxygen atoms in total. The van der Waals surface area contributed by atoms with Crippen molar-refractivity contribution in [3.8, 4) is 34.5 Å². The van der Waals surface area contributed by atoms with Crippen molar-refractivity contribution in [2.75, 3.05) is 13.7 Å². The summed E-state index contributed by atoms with van der Waals surface area (Å²) in [4.78, 5) is 0. The summed E-state index contributed by atoms with van der Waals surface area (Å²) >= 11 is 0. The normalized spacial score (nSPS) is 27.1. The zero-order valence-electron chi connectivity index (χ0n) is 16.8. The van der Waals surface area contributed by atoms with Crippen LogP contribution in [0.15, 0.2) is 30.0 Å². The molecule has 0 spiro atoms. The molecule has 32 heavy (non-hydrogen) atoms. The topological polar surface area (TPSA) is 182 Å².